The molecule has 2 heterocycles. The number of carbonyl (C=O) groups is 1. The molecule has 0 spiro atoms. The molecule has 1 aromatic carbocycles. The number of thioether (sulfide) groups is 1. The van der Waals surface area contributed by atoms with E-state index in [0.717, 1.165) is 17.1 Å². The number of furan rings is 1. The van der Waals surface area contributed by atoms with Crippen molar-refractivity contribution in [3.8, 4) is 11.4 Å². The molecule has 29 heavy (non-hydrogen) atoms. The van der Waals surface area contributed by atoms with Gasteiger partial charge in [-0.2, -0.15) is 0 Å². The van der Waals surface area contributed by atoms with Gasteiger partial charge in [0.25, 0.3) is 0 Å². The summed E-state index contributed by atoms with van der Waals surface area (Å²) in [6, 6.07) is 12.1. The van der Waals surface area contributed by atoms with Crippen molar-refractivity contribution in [2.75, 3.05) is 12.3 Å². The first kappa shape index (κ1) is 20.9. The molecule has 1 N–H and O–H groups in total. The molecule has 152 valence electrons. The van der Waals surface area contributed by atoms with Gasteiger partial charge < -0.3 is 9.73 Å². The minimum absolute atomic E-state index is 0.0708. The molecule has 0 bridgehead atoms. The molecule has 3 rings (SSSR count). The van der Waals surface area contributed by atoms with E-state index in [2.05, 4.69) is 67.1 Å². The molecule has 0 atom stereocenters. The summed E-state index contributed by atoms with van der Waals surface area (Å²) >= 11 is 1.35. The average molecular weight is 411 g/mol. The third kappa shape index (κ3) is 5.38. The number of aromatic nitrogens is 3. The fraction of sp³-hybridized carbons (Fsp3) is 0.318. The standard InChI is InChI=1S/C22H26N4O2S/c1-5-12-23-19(27)15-29-21-25-24-20(26(21)14-18-7-6-13-28-18)16-8-10-17(11-9-16)22(2,3)4/h5-11,13H,1,12,14-15H2,2-4H3,(H,23,27). The van der Waals surface area contributed by atoms with Crippen molar-refractivity contribution in [3.63, 3.8) is 0 Å². The van der Waals surface area contributed by atoms with E-state index >= 15 is 0 Å². The van der Waals surface area contributed by atoms with Gasteiger partial charge in [-0.1, -0.05) is 62.9 Å². The smallest absolute Gasteiger partial charge is 0.230 e. The van der Waals surface area contributed by atoms with Crippen LogP contribution < -0.4 is 5.32 Å². The number of hydrogen-bond donors (Lipinski definition) is 1. The summed E-state index contributed by atoms with van der Waals surface area (Å²) in [5.74, 6) is 1.73. The lowest BCUT2D eigenvalue weighted by molar-refractivity contribution is -0.118. The van der Waals surface area contributed by atoms with E-state index in [1.165, 1.54) is 17.3 Å². The lowest BCUT2D eigenvalue weighted by atomic mass is 9.87. The van der Waals surface area contributed by atoms with Gasteiger partial charge in [0.15, 0.2) is 11.0 Å². The molecule has 0 unspecified atom stereocenters. The third-order valence-corrected chi connectivity index (χ3v) is 5.36. The van der Waals surface area contributed by atoms with E-state index in [-0.39, 0.29) is 17.1 Å². The van der Waals surface area contributed by atoms with E-state index in [1.807, 2.05) is 16.7 Å². The molecule has 6 nitrogen and oxygen atoms in total. The summed E-state index contributed by atoms with van der Waals surface area (Å²) in [4.78, 5) is 12.0. The second kappa shape index (κ2) is 9.13. The highest BCUT2D eigenvalue weighted by molar-refractivity contribution is 7.99. The zero-order chi connectivity index (χ0) is 20.9. The Balaban J connectivity index is 1.87. The second-order valence-corrected chi connectivity index (χ2v) is 8.62. The maximum Gasteiger partial charge on any atom is 0.230 e. The molecular weight excluding hydrogens is 384 g/mol. The van der Waals surface area contributed by atoms with E-state index < -0.39 is 0 Å². The van der Waals surface area contributed by atoms with Gasteiger partial charge in [-0.15, -0.1) is 16.8 Å². The molecule has 0 fully saturated rings. The maximum atomic E-state index is 12.0. The number of rotatable bonds is 8. The van der Waals surface area contributed by atoms with E-state index in [4.69, 9.17) is 4.42 Å². The minimum Gasteiger partial charge on any atom is -0.467 e. The molecule has 0 aliphatic rings. The topological polar surface area (TPSA) is 73.0 Å². The Morgan fingerprint density at radius 2 is 2.00 bits per heavy atom. The van der Waals surface area contributed by atoms with Crippen LogP contribution in [0.1, 0.15) is 32.1 Å². The highest BCUT2D eigenvalue weighted by Gasteiger charge is 2.18. The van der Waals surface area contributed by atoms with Crippen LogP contribution in [-0.4, -0.2) is 33.0 Å². The van der Waals surface area contributed by atoms with Crippen molar-refractivity contribution in [1.29, 1.82) is 0 Å². The average Bonchev–Trinajstić information content (AvgIpc) is 3.34. The summed E-state index contributed by atoms with van der Waals surface area (Å²) in [7, 11) is 0. The molecule has 0 saturated carbocycles. The van der Waals surface area contributed by atoms with Crippen molar-refractivity contribution in [2.24, 2.45) is 0 Å². The lowest BCUT2D eigenvalue weighted by Crippen LogP contribution is -2.25. The molecule has 0 saturated heterocycles. The Morgan fingerprint density at radius 3 is 2.62 bits per heavy atom. The van der Waals surface area contributed by atoms with Crippen molar-refractivity contribution in [1.82, 2.24) is 20.1 Å². The van der Waals surface area contributed by atoms with Crippen LogP contribution in [-0.2, 0) is 16.8 Å². The largest absolute Gasteiger partial charge is 0.467 e. The predicted octanol–water partition coefficient (Wildman–Crippen LogP) is 4.28. The Bertz CT molecular complexity index is 954. The molecule has 7 heteroatoms. The van der Waals surface area contributed by atoms with E-state index in [1.54, 1.807) is 12.3 Å². The zero-order valence-electron chi connectivity index (χ0n) is 17.0. The van der Waals surface area contributed by atoms with E-state index in [9.17, 15) is 4.79 Å². The molecule has 0 aliphatic heterocycles. The third-order valence-electron chi connectivity index (χ3n) is 4.40. The van der Waals surface area contributed by atoms with Crippen LogP contribution >= 0.6 is 11.8 Å². The van der Waals surface area contributed by atoms with Crippen LogP contribution in [0.3, 0.4) is 0 Å². The van der Waals surface area contributed by atoms with Gasteiger partial charge in [0.1, 0.15) is 5.76 Å². The van der Waals surface area contributed by atoms with Gasteiger partial charge in [0, 0.05) is 12.1 Å². The summed E-state index contributed by atoms with van der Waals surface area (Å²) in [6.07, 6.45) is 3.30. The monoisotopic (exact) mass is 410 g/mol. The number of carbonyl (C=O) groups excluding carboxylic acids is 1. The Labute approximate surface area is 175 Å². The normalized spacial score (nSPS) is 11.4. The first-order valence-electron chi connectivity index (χ1n) is 9.45. The number of amides is 1. The van der Waals surface area contributed by atoms with Crippen LogP contribution in [0.5, 0.6) is 0 Å². The highest BCUT2D eigenvalue weighted by atomic mass is 32.2. The predicted molar refractivity (Wildman–Crippen MR) is 116 cm³/mol. The maximum absolute atomic E-state index is 12.0. The summed E-state index contributed by atoms with van der Waals surface area (Å²) in [5.41, 5.74) is 2.31. The minimum atomic E-state index is -0.0708. The fourth-order valence-corrected chi connectivity index (χ4v) is 3.56. The molecule has 0 aliphatic carbocycles. The van der Waals surface area contributed by atoms with Crippen molar-refractivity contribution in [2.45, 2.75) is 37.9 Å². The van der Waals surface area contributed by atoms with Gasteiger partial charge in [-0.25, -0.2) is 0 Å². The number of nitrogens with zero attached hydrogens (tertiary/aromatic N) is 3. The van der Waals surface area contributed by atoms with Crippen LogP contribution in [0, 0.1) is 0 Å². The number of benzene rings is 1. The SMILES string of the molecule is C=CCNC(=O)CSc1nnc(-c2ccc(C(C)(C)C)cc2)n1Cc1ccco1. The first-order chi connectivity index (χ1) is 13.9. The van der Waals surface area contributed by atoms with Crippen LogP contribution in [0.4, 0.5) is 0 Å². The van der Waals surface area contributed by atoms with Gasteiger partial charge >= 0.3 is 0 Å². The second-order valence-electron chi connectivity index (χ2n) is 7.68. The van der Waals surface area contributed by atoms with E-state index in [0.29, 0.717) is 18.2 Å². The zero-order valence-corrected chi connectivity index (χ0v) is 17.8. The lowest BCUT2D eigenvalue weighted by Gasteiger charge is -2.19. The number of nitrogens with one attached hydrogen (secondary N) is 1. The van der Waals surface area contributed by atoms with Crippen LogP contribution in [0.15, 0.2) is 64.9 Å². The van der Waals surface area contributed by atoms with Gasteiger partial charge in [0.2, 0.25) is 5.91 Å². The Hall–Kier alpha value is -2.80. The summed E-state index contributed by atoms with van der Waals surface area (Å²) < 4.78 is 7.50. The van der Waals surface area contributed by atoms with Crippen LogP contribution in [0.25, 0.3) is 11.4 Å². The first-order valence-corrected chi connectivity index (χ1v) is 10.4. The van der Waals surface area contributed by atoms with Crippen molar-refractivity contribution < 1.29 is 9.21 Å². The molecular formula is C22H26N4O2S. The molecule has 0 radical (unpaired) electrons. The van der Waals surface area contributed by atoms with Gasteiger partial charge in [-0.05, 0) is 23.1 Å². The van der Waals surface area contributed by atoms with Crippen molar-refractivity contribution in [3.05, 3.63) is 66.6 Å². The highest BCUT2D eigenvalue weighted by Crippen LogP contribution is 2.28. The fourth-order valence-electron chi connectivity index (χ4n) is 2.80. The molecule has 2 aromatic heterocycles. The van der Waals surface area contributed by atoms with Crippen LogP contribution in [0.2, 0.25) is 0 Å². The Kier molecular flexibility index (Phi) is 6.59. The van der Waals surface area contributed by atoms with Gasteiger partial charge in [0.05, 0.1) is 18.6 Å². The molecule has 1 amide bonds. The van der Waals surface area contributed by atoms with Gasteiger partial charge in [-0.3, -0.25) is 9.36 Å². The number of hydrogen-bond acceptors (Lipinski definition) is 5. The summed E-state index contributed by atoms with van der Waals surface area (Å²) in [5, 5.41) is 12.2. The summed E-state index contributed by atoms with van der Waals surface area (Å²) in [6.45, 7) is 11.1. The van der Waals surface area contributed by atoms with Crippen molar-refractivity contribution >= 4 is 17.7 Å². The Morgan fingerprint density at radius 1 is 1.24 bits per heavy atom. The molecule has 3 aromatic rings. The quantitative estimate of drug-likeness (QED) is 0.443.